The lowest BCUT2D eigenvalue weighted by molar-refractivity contribution is -0.141. The Balaban J connectivity index is 2.16. The van der Waals surface area contributed by atoms with Crippen molar-refractivity contribution in [2.24, 2.45) is 0 Å². The zero-order valence-electron chi connectivity index (χ0n) is 17.3. The predicted molar refractivity (Wildman–Crippen MR) is 110 cm³/mol. The Morgan fingerprint density at radius 3 is 2.20 bits per heavy atom. The molecule has 0 aliphatic carbocycles. The zero-order valence-corrected chi connectivity index (χ0v) is 18.1. The van der Waals surface area contributed by atoms with Gasteiger partial charge in [0.15, 0.2) is 16.6 Å². The number of nitrogens with zero attached hydrogens (tertiary/aromatic N) is 1. The number of nitrogens with one attached hydrogen (secondary N) is 2. The minimum Gasteiger partial charge on any atom is -0.493 e. The van der Waals surface area contributed by atoms with Crippen molar-refractivity contribution in [2.75, 3.05) is 39.8 Å². The van der Waals surface area contributed by atoms with Crippen molar-refractivity contribution in [2.45, 2.75) is 13.8 Å². The maximum Gasteiger partial charge on any atom is 0.325 e. The van der Waals surface area contributed by atoms with Gasteiger partial charge in [-0.2, -0.15) is 0 Å². The molecule has 0 radical (unpaired) electrons. The summed E-state index contributed by atoms with van der Waals surface area (Å²) in [7, 11) is 4.36. The van der Waals surface area contributed by atoms with E-state index in [0.29, 0.717) is 22.9 Å². The Bertz CT molecular complexity index is 917. The normalized spacial score (nSPS) is 10.2. The Morgan fingerprint density at radius 2 is 1.67 bits per heavy atom. The van der Waals surface area contributed by atoms with E-state index >= 15 is 0 Å². The summed E-state index contributed by atoms with van der Waals surface area (Å²) in [5.41, 5.74) is 0.673. The second-order valence-electron chi connectivity index (χ2n) is 5.79. The number of hydrogen-bond donors (Lipinski definition) is 2. The third kappa shape index (κ3) is 5.38. The maximum absolute atomic E-state index is 12.7. The van der Waals surface area contributed by atoms with Crippen LogP contribution in [-0.4, -0.2) is 57.2 Å². The fourth-order valence-electron chi connectivity index (χ4n) is 2.49. The number of aryl methyl sites for hydroxylation is 1. The number of thiazole rings is 1. The highest BCUT2D eigenvalue weighted by molar-refractivity contribution is 7.17. The van der Waals surface area contributed by atoms with E-state index in [9.17, 15) is 14.4 Å². The van der Waals surface area contributed by atoms with Crippen molar-refractivity contribution in [3.05, 3.63) is 28.3 Å². The SMILES string of the molecule is CCOC(=O)CNC(=O)c1sc(NC(=O)c2cc(OC)c(OC)c(OC)c2)nc1C. The Hall–Kier alpha value is -3.34. The summed E-state index contributed by atoms with van der Waals surface area (Å²) in [6, 6.07) is 3.01. The molecule has 0 aliphatic rings. The number of esters is 1. The number of aromatic nitrogens is 1. The van der Waals surface area contributed by atoms with Crippen LogP contribution in [0.15, 0.2) is 12.1 Å². The smallest absolute Gasteiger partial charge is 0.325 e. The topological polar surface area (TPSA) is 125 Å². The third-order valence-corrected chi connectivity index (χ3v) is 4.92. The Morgan fingerprint density at radius 1 is 1.03 bits per heavy atom. The van der Waals surface area contributed by atoms with Crippen LogP contribution < -0.4 is 24.8 Å². The highest BCUT2D eigenvalue weighted by Crippen LogP contribution is 2.38. The number of methoxy groups -OCH3 is 3. The van der Waals surface area contributed by atoms with Crippen LogP contribution >= 0.6 is 11.3 Å². The van der Waals surface area contributed by atoms with Gasteiger partial charge in [-0.1, -0.05) is 11.3 Å². The van der Waals surface area contributed by atoms with Crippen molar-refractivity contribution < 1.29 is 33.3 Å². The summed E-state index contributed by atoms with van der Waals surface area (Å²) in [4.78, 5) is 40.8. The molecule has 1 aromatic heterocycles. The lowest BCUT2D eigenvalue weighted by Crippen LogP contribution is -2.30. The van der Waals surface area contributed by atoms with Gasteiger partial charge < -0.3 is 24.3 Å². The number of anilines is 1. The first-order valence-corrected chi connectivity index (χ1v) is 9.68. The lowest BCUT2D eigenvalue weighted by Gasteiger charge is -2.13. The monoisotopic (exact) mass is 437 g/mol. The molecule has 1 heterocycles. The second kappa shape index (κ2) is 10.4. The van der Waals surface area contributed by atoms with Crippen molar-refractivity contribution in [1.29, 1.82) is 0 Å². The molecule has 162 valence electrons. The van der Waals surface area contributed by atoms with E-state index in [1.54, 1.807) is 13.8 Å². The zero-order chi connectivity index (χ0) is 22.3. The summed E-state index contributed by atoms with van der Waals surface area (Å²) in [5, 5.41) is 5.34. The molecule has 2 N–H and O–H groups in total. The second-order valence-corrected chi connectivity index (χ2v) is 6.79. The van der Waals surface area contributed by atoms with Gasteiger partial charge in [0.1, 0.15) is 11.4 Å². The lowest BCUT2D eigenvalue weighted by atomic mass is 10.1. The standard InChI is InChI=1S/C19H23N3O7S/c1-6-29-14(23)9-20-18(25)16-10(2)21-19(30-16)22-17(24)11-7-12(26-3)15(28-5)13(8-11)27-4/h7-8H,6,9H2,1-5H3,(H,20,25)(H,21,22,24). The van der Waals surface area contributed by atoms with E-state index in [2.05, 4.69) is 15.6 Å². The van der Waals surface area contributed by atoms with Crippen molar-refractivity contribution in [3.8, 4) is 17.2 Å². The Labute approximate surface area is 177 Å². The minimum atomic E-state index is -0.538. The van der Waals surface area contributed by atoms with Gasteiger partial charge in [0.2, 0.25) is 5.75 Å². The Kier molecular flexibility index (Phi) is 7.98. The first-order valence-electron chi connectivity index (χ1n) is 8.87. The first-order chi connectivity index (χ1) is 14.3. The number of hydrogen-bond acceptors (Lipinski definition) is 9. The van der Waals surface area contributed by atoms with Crippen molar-refractivity contribution >= 4 is 34.3 Å². The molecule has 10 nitrogen and oxygen atoms in total. The maximum atomic E-state index is 12.7. The molecule has 0 bridgehead atoms. The van der Waals surface area contributed by atoms with Crippen LogP contribution in [0.25, 0.3) is 0 Å². The molecule has 2 amide bonds. The van der Waals surface area contributed by atoms with Crippen LogP contribution in [0.5, 0.6) is 17.2 Å². The third-order valence-electron chi connectivity index (χ3n) is 3.85. The first kappa shape index (κ1) is 22.9. The van der Waals surface area contributed by atoms with Gasteiger partial charge in [0.05, 0.1) is 33.6 Å². The number of rotatable bonds is 9. The van der Waals surface area contributed by atoms with Crippen LogP contribution in [0.4, 0.5) is 5.13 Å². The molecule has 1 aromatic carbocycles. The molecule has 2 aromatic rings. The fourth-order valence-corrected chi connectivity index (χ4v) is 3.36. The average molecular weight is 437 g/mol. The molecular formula is C19H23N3O7S. The quantitative estimate of drug-likeness (QED) is 0.571. The summed E-state index contributed by atoms with van der Waals surface area (Å²) >= 11 is 0.989. The van der Waals surface area contributed by atoms with Gasteiger partial charge in [-0.15, -0.1) is 0 Å². The van der Waals surface area contributed by atoms with Gasteiger partial charge >= 0.3 is 5.97 Å². The van der Waals surface area contributed by atoms with Gasteiger partial charge in [0, 0.05) is 5.56 Å². The van der Waals surface area contributed by atoms with Gasteiger partial charge in [-0.3, -0.25) is 19.7 Å². The minimum absolute atomic E-state index is 0.228. The van der Waals surface area contributed by atoms with Crippen LogP contribution in [0.1, 0.15) is 32.6 Å². The van der Waals surface area contributed by atoms with Gasteiger partial charge in [0.25, 0.3) is 11.8 Å². The van der Waals surface area contributed by atoms with E-state index in [1.807, 2.05) is 0 Å². The number of benzene rings is 1. The summed E-state index contributed by atoms with van der Waals surface area (Å²) in [6.45, 7) is 3.28. The molecule has 0 saturated carbocycles. The summed E-state index contributed by atoms with van der Waals surface area (Å²) < 4.78 is 20.5. The number of carbonyl (C=O) groups is 3. The van der Waals surface area contributed by atoms with Gasteiger partial charge in [-0.25, -0.2) is 4.98 Å². The molecule has 0 unspecified atom stereocenters. The highest BCUT2D eigenvalue weighted by atomic mass is 32.1. The molecule has 0 aliphatic heterocycles. The van der Waals surface area contributed by atoms with Crippen LogP contribution in [0, 0.1) is 6.92 Å². The van der Waals surface area contributed by atoms with Crippen molar-refractivity contribution in [1.82, 2.24) is 10.3 Å². The van der Waals surface area contributed by atoms with E-state index < -0.39 is 17.8 Å². The fraction of sp³-hybridized carbons (Fsp3) is 0.368. The molecule has 2 rings (SSSR count). The predicted octanol–water partition coefficient (Wildman–Crippen LogP) is 2.02. The number of carbonyl (C=O) groups excluding carboxylic acids is 3. The number of ether oxygens (including phenoxy) is 4. The van der Waals surface area contributed by atoms with Crippen LogP contribution in [0.2, 0.25) is 0 Å². The summed E-state index contributed by atoms with van der Waals surface area (Å²) in [6.07, 6.45) is 0. The average Bonchev–Trinajstić information content (AvgIpc) is 3.10. The molecular weight excluding hydrogens is 414 g/mol. The molecule has 0 saturated heterocycles. The molecule has 11 heteroatoms. The highest BCUT2D eigenvalue weighted by Gasteiger charge is 2.20. The van der Waals surface area contributed by atoms with Crippen LogP contribution in [0.3, 0.4) is 0 Å². The molecule has 0 fully saturated rings. The van der Waals surface area contributed by atoms with Crippen molar-refractivity contribution in [3.63, 3.8) is 0 Å². The van der Waals surface area contributed by atoms with Crippen LogP contribution in [-0.2, 0) is 9.53 Å². The molecule has 0 spiro atoms. The number of amides is 2. The van der Waals surface area contributed by atoms with E-state index in [4.69, 9.17) is 18.9 Å². The molecule has 30 heavy (non-hydrogen) atoms. The van der Waals surface area contributed by atoms with E-state index in [1.165, 1.54) is 33.5 Å². The largest absolute Gasteiger partial charge is 0.493 e. The van der Waals surface area contributed by atoms with E-state index in [-0.39, 0.29) is 28.7 Å². The molecule has 0 atom stereocenters. The van der Waals surface area contributed by atoms with Gasteiger partial charge in [-0.05, 0) is 26.0 Å². The van der Waals surface area contributed by atoms with E-state index in [0.717, 1.165) is 11.3 Å². The summed E-state index contributed by atoms with van der Waals surface area (Å²) in [5.74, 6) is -0.466.